The molecule has 0 N–H and O–H groups in total. The highest BCUT2D eigenvalue weighted by molar-refractivity contribution is 5.44. The van der Waals surface area contributed by atoms with Crippen molar-refractivity contribution in [2.75, 3.05) is 14.2 Å². The Bertz CT molecular complexity index is 804. The Morgan fingerprint density at radius 2 is 0.719 bits per heavy atom. The van der Waals surface area contributed by atoms with Gasteiger partial charge in [0.05, 0.1) is 14.2 Å². The van der Waals surface area contributed by atoms with E-state index < -0.39 is 0 Å². The number of benzene rings is 2. The number of hydrogen-bond acceptors (Lipinski definition) is 2. The maximum atomic E-state index is 5.44. The van der Waals surface area contributed by atoms with E-state index in [2.05, 4.69) is 119 Å². The van der Waals surface area contributed by atoms with Crippen molar-refractivity contribution in [3.8, 4) is 11.5 Å². The fraction of sp³-hybridized carbons (Fsp3) is 0.600. The summed E-state index contributed by atoms with van der Waals surface area (Å²) in [6, 6.07) is 13.0. The Labute approximate surface area is 198 Å². The van der Waals surface area contributed by atoms with E-state index in [9.17, 15) is 0 Å². The minimum atomic E-state index is 0.118. The largest absolute Gasteiger partial charge is 0.496 e. The van der Waals surface area contributed by atoms with Crippen LogP contribution in [0.4, 0.5) is 0 Å². The quantitative estimate of drug-likeness (QED) is 0.465. The minimum absolute atomic E-state index is 0.118. The van der Waals surface area contributed by atoms with Gasteiger partial charge in [-0.2, -0.15) is 0 Å². The highest BCUT2D eigenvalue weighted by Gasteiger charge is 2.23. The van der Waals surface area contributed by atoms with E-state index in [-0.39, 0.29) is 21.7 Å². The van der Waals surface area contributed by atoms with Gasteiger partial charge in [-0.05, 0) is 56.0 Å². The third kappa shape index (κ3) is 7.57. The number of methoxy groups -OCH3 is 2. The van der Waals surface area contributed by atoms with E-state index in [4.69, 9.17) is 9.47 Å². The molecule has 0 aromatic heterocycles. The maximum Gasteiger partial charge on any atom is 0.122 e. The molecule has 0 spiro atoms. The molecule has 2 rings (SSSR count). The lowest BCUT2D eigenvalue weighted by molar-refractivity contribution is 0.396. The first-order valence-electron chi connectivity index (χ1n) is 11.7. The summed E-state index contributed by atoms with van der Waals surface area (Å²) in [5.74, 6) is 1.97. The molecule has 0 amide bonds. The van der Waals surface area contributed by atoms with Crippen molar-refractivity contribution in [1.82, 2.24) is 0 Å². The van der Waals surface area contributed by atoms with Crippen LogP contribution in [-0.2, 0) is 21.7 Å². The predicted molar refractivity (Wildman–Crippen MR) is 141 cm³/mol. The van der Waals surface area contributed by atoms with Gasteiger partial charge in [-0.3, -0.25) is 0 Å². The van der Waals surface area contributed by atoms with Crippen LogP contribution in [0, 0.1) is 0 Å². The Balaban J connectivity index is 0.000000320. The number of hydrogen-bond donors (Lipinski definition) is 0. The third-order valence-electron chi connectivity index (χ3n) is 5.75. The molecule has 0 bridgehead atoms. The summed E-state index contributed by atoms with van der Waals surface area (Å²) in [5.41, 5.74) is 5.89. The van der Waals surface area contributed by atoms with Crippen molar-refractivity contribution < 1.29 is 9.47 Å². The Kier molecular flexibility index (Phi) is 8.68. The van der Waals surface area contributed by atoms with E-state index in [0.29, 0.717) is 0 Å². The second kappa shape index (κ2) is 9.89. The molecule has 0 radical (unpaired) electrons. The van der Waals surface area contributed by atoms with Crippen LogP contribution in [0.3, 0.4) is 0 Å². The van der Waals surface area contributed by atoms with Crippen LogP contribution in [0.25, 0.3) is 0 Å². The van der Waals surface area contributed by atoms with E-state index in [1.165, 1.54) is 22.3 Å². The van der Waals surface area contributed by atoms with E-state index in [1.807, 2.05) is 0 Å². The molecule has 2 heteroatoms. The second-order valence-electron chi connectivity index (χ2n) is 12.8. The van der Waals surface area contributed by atoms with Crippen molar-refractivity contribution >= 4 is 0 Å². The monoisotopic (exact) mass is 440 g/mol. The van der Waals surface area contributed by atoms with E-state index in [1.54, 1.807) is 14.2 Å². The highest BCUT2D eigenvalue weighted by atomic mass is 16.5. The van der Waals surface area contributed by atoms with Crippen LogP contribution in [0.2, 0.25) is 0 Å². The zero-order valence-electron chi connectivity index (χ0n) is 23.3. The van der Waals surface area contributed by atoms with Gasteiger partial charge in [-0.25, -0.2) is 0 Å². The molecule has 180 valence electrons. The molecule has 0 aliphatic rings. The zero-order valence-corrected chi connectivity index (χ0v) is 23.3. The fourth-order valence-corrected chi connectivity index (χ4v) is 3.52. The zero-order chi connectivity index (χ0) is 25.1. The van der Waals surface area contributed by atoms with Crippen LogP contribution in [0.5, 0.6) is 11.5 Å². The smallest absolute Gasteiger partial charge is 0.122 e. The molecule has 2 aromatic carbocycles. The van der Waals surface area contributed by atoms with Crippen molar-refractivity contribution in [3.05, 3.63) is 58.7 Å². The van der Waals surface area contributed by atoms with Crippen LogP contribution in [0.15, 0.2) is 36.4 Å². The van der Waals surface area contributed by atoms with Crippen molar-refractivity contribution in [3.63, 3.8) is 0 Å². The average Bonchev–Trinajstić information content (AvgIpc) is 2.64. The standard InChI is InChI=1S/2C15H24O/c2*1-14(2,3)11-8-9-13(16-7)12(10-11)15(4,5)6/h2*8-10H,1-7H3. The molecule has 0 aliphatic heterocycles. The number of ether oxygens (including phenoxy) is 2. The lowest BCUT2D eigenvalue weighted by Gasteiger charge is -2.26. The summed E-state index contributed by atoms with van der Waals surface area (Å²) in [7, 11) is 3.47. The van der Waals surface area contributed by atoms with Crippen molar-refractivity contribution in [1.29, 1.82) is 0 Å². The summed E-state index contributed by atoms with van der Waals surface area (Å²) >= 11 is 0. The molecule has 0 heterocycles. The van der Waals surface area contributed by atoms with Crippen LogP contribution in [0.1, 0.15) is 105 Å². The average molecular weight is 441 g/mol. The van der Waals surface area contributed by atoms with Gasteiger partial charge in [0.1, 0.15) is 11.5 Å². The normalized spacial score (nSPS) is 12.7. The van der Waals surface area contributed by atoms with Gasteiger partial charge in [0.25, 0.3) is 0 Å². The molecular weight excluding hydrogens is 392 g/mol. The molecular formula is C30H48O2. The molecule has 2 nitrogen and oxygen atoms in total. The summed E-state index contributed by atoms with van der Waals surface area (Å²) < 4.78 is 10.9. The second-order valence-corrected chi connectivity index (χ2v) is 12.8. The maximum absolute atomic E-state index is 5.44. The first-order chi connectivity index (χ1) is 14.3. The molecule has 32 heavy (non-hydrogen) atoms. The molecule has 2 aromatic rings. The van der Waals surface area contributed by atoms with Crippen LogP contribution >= 0.6 is 0 Å². The number of rotatable bonds is 2. The summed E-state index contributed by atoms with van der Waals surface area (Å²) in [6.07, 6.45) is 0. The fourth-order valence-electron chi connectivity index (χ4n) is 3.52. The SMILES string of the molecule is COc1ccc(C(C)(C)C)cc1C(C)(C)C.COc1ccc(C(C)(C)C)cc1C(C)(C)C. The molecule has 0 saturated carbocycles. The van der Waals surface area contributed by atoms with Gasteiger partial charge in [-0.15, -0.1) is 0 Å². The van der Waals surface area contributed by atoms with Gasteiger partial charge in [0.15, 0.2) is 0 Å². The molecule has 0 aliphatic carbocycles. The Morgan fingerprint density at radius 1 is 0.438 bits per heavy atom. The summed E-state index contributed by atoms with van der Waals surface area (Å²) in [5, 5.41) is 0. The Morgan fingerprint density at radius 3 is 0.906 bits per heavy atom. The lowest BCUT2D eigenvalue weighted by atomic mass is 9.80. The molecule has 0 unspecified atom stereocenters. The first-order valence-corrected chi connectivity index (χ1v) is 11.7. The van der Waals surface area contributed by atoms with Crippen LogP contribution in [-0.4, -0.2) is 14.2 Å². The van der Waals surface area contributed by atoms with E-state index >= 15 is 0 Å². The van der Waals surface area contributed by atoms with Gasteiger partial charge in [0, 0.05) is 0 Å². The minimum Gasteiger partial charge on any atom is -0.496 e. The van der Waals surface area contributed by atoms with Crippen LogP contribution < -0.4 is 9.47 Å². The van der Waals surface area contributed by atoms with E-state index in [0.717, 1.165) is 11.5 Å². The summed E-state index contributed by atoms with van der Waals surface area (Å²) in [6.45, 7) is 26.7. The van der Waals surface area contributed by atoms with Gasteiger partial charge in [0.2, 0.25) is 0 Å². The van der Waals surface area contributed by atoms with Gasteiger partial charge < -0.3 is 9.47 Å². The predicted octanol–water partition coefficient (Wildman–Crippen LogP) is 8.58. The molecule has 0 saturated heterocycles. The van der Waals surface area contributed by atoms with Gasteiger partial charge in [-0.1, -0.05) is 107 Å². The lowest BCUT2D eigenvalue weighted by Crippen LogP contribution is -2.17. The third-order valence-corrected chi connectivity index (χ3v) is 5.75. The van der Waals surface area contributed by atoms with Gasteiger partial charge >= 0.3 is 0 Å². The molecule has 0 fully saturated rings. The summed E-state index contributed by atoms with van der Waals surface area (Å²) in [4.78, 5) is 0. The molecule has 0 atom stereocenters. The Hall–Kier alpha value is -1.96. The first kappa shape index (κ1) is 28.1. The van der Waals surface area contributed by atoms with Crippen molar-refractivity contribution in [2.45, 2.75) is 105 Å². The highest BCUT2D eigenvalue weighted by Crippen LogP contribution is 2.36. The topological polar surface area (TPSA) is 18.5 Å². The van der Waals surface area contributed by atoms with Crippen molar-refractivity contribution in [2.24, 2.45) is 0 Å².